The monoisotopic (exact) mass is 309 g/mol. The average Bonchev–Trinajstić information content (AvgIpc) is 3.25. The molecule has 3 aliphatic rings. The maximum absolute atomic E-state index is 10.2. The number of aliphatic hydroxyl groups excluding tert-OH is 1. The molecule has 1 aliphatic heterocycles. The summed E-state index contributed by atoms with van der Waals surface area (Å²) in [5.41, 5.74) is -0.00345. The van der Waals surface area contributed by atoms with Gasteiger partial charge in [0.05, 0.1) is 12.2 Å². The molecule has 6 heteroatoms. The van der Waals surface area contributed by atoms with E-state index in [2.05, 4.69) is 9.27 Å². The summed E-state index contributed by atoms with van der Waals surface area (Å²) in [6.45, 7) is 4.69. The van der Waals surface area contributed by atoms with E-state index < -0.39 is 0 Å². The van der Waals surface area contributed by atoms with Crippen molar-refractivity contribution in [3.05, 3.63) is 5.82 Å². The van der Waals surface area contributed by atoms with E-state index in [9.17, 15) is 5.11 Å². The van der Waals surface area contributed by atoms with Crippen LogP contribution in [0.15, 0.2) is 0 Å². The molecule has 1 aromatic heterocycles. The minimum Gasteiger partial charge on any atom is -0.392 e. The van der Waals surface area contributed by atoms with Gasteiger partial charge in [-0.15, -0.1) is 0 Å². The fraction of sp³-hybridized carbons (Fsp3) is 0.867. The first-order valence-corrected chi connectivity index (χ1v) is 8.88. The standard InChI is InChI=1S/C15H23N3O2S/c1-2-20-12-9-11(19)15(12)5-7-18(8-6-15)14-16-13(17-21-14)10-3-4-10/h10-12,19H,2-9H2,1H3/t11-,12+/m0/s1. The van der Waals surface area contributed by atoms with E-state index in [0.29, 0.717) is 5.92 Å². The molecule has 0 bridgehead atoms. The molecule has 0 radical (unpaired) electrons. The van der Waals surface area contributed by atoms with Gasteiger partial charge in [0.2, 0.25) is 5.13 Å². The Hall–Kier alpha value is -0.720. The van der Waals surface area contributed by atoms with Crippen molar-refractivity contribution in [2.45, 2.75) is 57.2 Å². The topological polar surface area (TPSA) is 58.5 Å². The molecule has 116 valence electrons. The molecule has 3 fully saturated rings. The number of aromatic nitrogens is 2. The summed E-state index contributed by atoms with van der Waals surface area (Å²) < 4.78 is 10.3. The summed E-state index contributed by atoms with van der Waals surface area (Å²) in [4.78, 5) is 7.04. The van der Waals surface area contributed by atoms with Crippen LogP contribution in [0.4, 0.5) is 5.13 Å². The Kier molecular flexibility index (Phi) is 3.43. The lowest BCUT2D eigenvalue weighted by atomic mass is 9.58. The van der Waals surface area contributed by atoms with Gasteiger partial charge in [0.15, 0.2) is 0 Å². The van der Waals surface area contributed by atoms with E-state index in [-0.39, 0.29) is 17.6 Å². The first kappa shape index (κ1) is 13.9. The third-order valence-corrected chi connectivity index (χ3v) is 6.24. The van der Waals surface area contributed by atoms with Crippen molar-refractivity contribution in [2.75, 3.05) is 24.6 Å². The van der Waals surface area contributed by atoms with E-state index in [4.69, 9.17) is 9.72 Å². The Balaban J connectivity index is 1.41. The zero-order valence-electron chi connectivity index (χ0n) is 12.5. The fourth-order valence-electron chi connectivity index (χ4n) is 3.79. The third-order valence-electron chi connectivity index (χ3n) is 5.45. The maximum Gasteiger partial charge on any atom is 0.205 e. The van der Waals surface area contributed by atoms with Crippen molar-refractivity contribution in [2.24, 2.45) is 5.41 Å². The number of piperidine rings is 1. The van der Waals surface area contributed by atoms with Crippen molar-refractivity contribution in [3.8, 4) is 0 Å². The second-order valence-corrected chi connectivity index (χ2v) is 7.36. The third kappa shape index (κ3) is 2.28. The van der Waals surface area contributed by atoms with Gasteiger partial charge in [-0.25, -0.2) is 4.98 Å². The Morgan fingerprint density at radius 3 is 2.76 bits per heavy atom. The molecule has 4 rings (SSSR count). The summed E-state index contributed by atoms with van der Waals surface area (Å²) in [6, 6.07) is 0. The number of hydrogen-bond acceptors (Lipinski definition) is 6. The summed E-state index contributed by atoms with van der Waals surface area (Å²) in [5, 5.41) is 11.3. The van der Waals surface area contributed by atoms with Gasteiger partial charge in [-0.2, -0.15) is 4.37 Å². The Morgan fingerprint density at radius 2 is 2.14 bits per heavy atom. The fourth-order valence-corrected chi connectivity index (χ4v) is 4.59. The minimum atomic E-state index is -0.187. The lowest BCUT2D eigenvalue weighted by molar-refractivity contribution is -0.199. The number of anilines is 1. The van der Waals surface area contributed by atoms with Gasteiger partial charge in [0.25, 0.3) is 0 Å². The Bertz CT molecular complexity index is 507. The van der Waals surface area contributed by atoms with Crippen LogP contribution in [0, 0.1) is 5.41 Å². The number of nitrogens with zero attached hydrogens (tertiary/aromatic N) is 3. The predicted molar refractivity (Wildman–Crippen MR) is 81.8 cm³/mol. The van der Waals surface area contributed by atoms with Gasteiger partial charge >= 0.3 is 0 Å². The molecule has 1 N–H and O–H groups in total. The highest BCUT2D eigenvalue weighted by atomic mass is 32.1. The van der Waals surface area contributed by atoms with E-state index in [1.54, 1.807) is 0 Å². The number of aliphatic hydroxyl groups is 1. The molecular formula is C15H23N3O2S. The van der Waals surface area contributed by atoms with Gasteiger partial charge in [-0.3, -0.25) is 0 Å². The number of rotatable bonds is 4. The second-order valence-electron chi connectivity index (χ2n) is 6.63. The molecule has 2 atom stereocenters. The summed E-state index contributed by atoms with van der Waals surface area (Å²) in [6.07, 6.45) is 5.36. The number of ether oxygens (including phenoxy) is 1. The summed E-state index contributed by atoms with van der Waals surface area (Å²) in [7, 11) is 0. The van der Waals surface area contributed by atoms with Crippen LogP contribution < -0.4 is 4.90 Å². The SMILES string of the molecule is CCO[C@@H]1C[C@H](O)C12CCN(c1nc(C3CC3)ns1)CC2. The van der Waals surface area contributed by atoms with Gasteiger partial charge in [0.1, 0.15) is 5.82 Å². The lowest BCUT2D eigenvalue weighted by Gasteiger charge is -2.56. The van der Waals surface area contributed by atoms with Crippen LogP contribution in [-0.2, 0) is 4.74 Å². The van der Waals surface area contributed by atoms with Crippen molar-refractivity contribution < 1.29 is 9.84 Å². The highest BCUT2D eigenvalue weighted by Gasteiger charge is 2.56. The minimum absolute atomic E-state index is 0.00345. The number of hydrogen-bond donors (Lipinski definition) is 1. The molecule has 5 nitrogen and oxygen atoms in total. The van der Waals surface area contributed by atoms with E-state index in [1.807, 2.05) is 6.92 Å². The Morgan fingerprint density at radius 1 is 1.38 bits per heavy atom. The van der Waals surface area contributed by atoms with E-state index >= 15 is 0 Å². The van der Waals surface area contributed by atoms with Crippen molar-refractivity contribution in [3.63, 3.8) is 0 Å². The summed E-state index contributed by atoms with van der Waals surface area (Å²) >= 11 is 1.53. The Labute approximate surface area is 129 Å². The van der Waals surface area contributed by atoms with Crippen LogP contribution >= 0.6 is 11.5 Å². The van der Waals surface area contributed by atoms with E-state index in [0.717, 1.165) is 49.9 Å². The molecule has 0 amide bonds. The molecular weight excluding hydrogens is 286 g/mol. The van der Waals surface area contributed by atoms with Gasteiger partial charge < -0.3 is 14.7 Å². The van der Waals surface area contributed by atoms with Crippen LogP contribution in [0.5, 0.6) is 0 Å². The second kappa shape index (κ2) is 5.18. The van der Waals surface area contributed by atoms with Gasteiger partial charge in [-0.1, -0.05) is 0 Å². The molecule has 0 aromatic carbocycles. The lowest BCUT2D eigenvalue weighted by Crippen LogP contribution is -2.62. The molecule has 1 aromatic rings. The zero-order chi connectivity index (χ0) is 14.4. The molecule has 2 aliphatic carbocycles. The van der Waals surface area contributed by atoms with Gasteiger partial charge in [-0.05, 0) is 32.6 Å². The zero-order valence-corrected chi connectivity index (χ0v) is 13.3. The van der Waals surface area contributed by atoms with Crippen molar-refractivity contribution >= 4 is 16.7 Å². The van der Waals surface area contributed by atoms with Crippen LogP contribution in [0.1, 0.15) is 50.8 Å². The molecule has 1 saturated heterocycles. The highest BCUT2D eigenvalue weighted by Crippen LogP contribution is 2.51. The van der Waals surface area contributed by atoms with Crippen molar-refractivity contribution in [1.29, 1.82) is 0 Å². The average molecular weight is 309 g/mol. The predicted octanol–water partition coefficient (Wildman–Crippen LogP) is 2.17. The quantitative estimate of drug-likeness (QED) is 0.924. The normalized spacial score (nSPS) is 31.4. The molecule has 0 unspecified atom stereocenters. The van der Waals surface area contributed by atoms with Gasteiger partial charge in [0, 0.05) is 49.0 Å². The van der Waals surface area contributed by atoms with Crippen LogP contribution in [0.3, 0.4) is 0 Å². The van der Waals surface area contributed by atoms with Crippen LogP contribution in [0.25, 0.3) is 0 Å². The first-order chi connectivity index (χ1) is 10.2. The largest absolute Gasteiger partial charge is 0.392 e. The maximum atomic E-state index is 10.2. The van der Waals surface area contributed by atoms with E-state index in [1.165, 1.54) is 24.4 Å². The smallest absolute Gasteiger partial charge is 0.205 e. The van der Waals surface area contributed by atoms with Crippen LogP contribution in [-0.4, -0.2) is 46.4 Å². The summed E-state index contributed by atoms with van der Waals surface area (Å²) in [5.74, 6) is 1.67. The molecule has 1 spiro atoms. The molecule has 2 heterocycles. The highest BCUT2D eigenvalue weighted by molar-refractivity contribution is 7.09. The van der Waals surface area contributed by atoms with Crippen molar-refractivity contribution in [1.82, 2.24) is 9.36 Å². The molecule has 2 saturated carbocycles. The molecule has 21 heavy (non-hydrogen) atoms. The first-order valence-electron chi connectivity index (χ1n) is 8.11. The van der Waals surface area contributed by atoms with Crippen LogP contribution in [0.2, 0.25) is 0 Å².